The Kier molecular flexibility index (Phi) is 11.0. The lowest BCUT2D eigenvalue weighted by Gasteiger charge is -2.32. The molecule has 8 nitrogen and oxygen atoms in total. The van der Waals surface area contributed by atoms with Crippen molar-refractivity contribution in [2.75, 3.05) is 24.5 Å². The molecule has 0 saturated carbocycles. The first-order chi connectivity index (χ1) is 19.0. The van der Waals surface area contributed by atoms with Gasteiger partial charge in [-0.3, -0.25) is 13.9 Å². The number of rotatable bonds is 12. The summed E-state index contributed by atoms with van der Waals surface area (Å²) in [5, 5.41) is 3.02. The number of nitrogens with one attached hydrogen (secondary N) is 1. The van der Waals surface area contributed by atoms with Crippen molar-refractivity contribution in [1.29, 1.82) is 0 Å². The highest BCUT2D eigenvalue weighted by Gasteiger charge is 2.32. The summed E-state index contributed by atoms with van der Waals surface area (Å²) in [5.41, 5.74) is 1.85. The van der Waals surface area contributed by atoms with Crippen LogP contribution in [0.1, 0.15) is 31.4 Å². The summed E-state index contributed by atoms with van der Waals surface area (Å²) in [5.74, 6) is -0.519. The number of benzene rings is 3. The van der Waals surface area contributed by atoms with E-state index in [4.69, 9.17) is 16.3 Å². The van der Waals surface area contributed by atoms with Gasteiger partial charge >= 0.3 is 0 Å². The highest BCUT2D eigenvalue weighted by atomic mass is 79.9. The standard InChI is InChI=1S/C29H33BrClN3O5S/c1-5-15-32-29(36)21(3)33(18-22-7-6-8-23(30)16-22)28(35)19-34(24-11-14-27(39-4)26(31)17-24)40(37,38)25-12-9-20(2)10-13-25/h6-14,16-17,21H,5,15,18-19H2,1-4H3,(H,32,36). The van der Waals surface area contributed by atoms with Crippen LogP contribution in [0.25, 0.3) is 0 Å². The smallest absolute Gasteiger partial charge is 0.264 e. The Morgan fingerprint density at radius 1 is 1.07 bits per heavy atom. The number of hydrogen-bond acceptors (Lipinski definition) is 5. The minimum Gasteiger partial charge on any atom is -0.495 e. The van der Waals surface area contributed by atoms with Crippen LogP contribution < -0.4 is 14.4 Å². The molecule has 0 heterocycles. The maximum absolute atomic E-state index is 13.9. The monoisotopic (exact) mass is 649 g/mol. The van der Waals surface area contributed by atoms with Crippen molar-refractivity contribution in [2.45, 2.75) is 44.7 Å². The zero-order chi connectivity index (χ0) is 29.4. The normalized spacial score (nSPS) is 11.9. The predicted molar refractivity (Wildman–Crippen MR) is 161 cm³/mol. The summed E-state index contributed by atoms with van der Waals surface area (Å²) >= 11 is 9.80. The molecule has 0 saturated heterocycles. The van der Waals surface area contributed by atoms with E-state index < -0.39 is 28.5 Å². The minimum absolute atomic E-state index is 0.0186. The third-order valence-electron chi connectivity index (χ3n) is 6.27. The van der Waals surface area contributed by atoms with Crippen LogP contribution in [0.15, 0.2) is 76.1 Å². The molecular weight excluding hydrogens is 618 g/mol. The van der Waals surface area contributed by atoms with Gasteiger partial charge in [-0.1, -0.05) is 64.3 Å². The van der Waals surface area contributed by atoms with Gasteiger partial charge in [0.2, 0.25) is 11.8 Å². The molecule has 3 rings (SSSR count). The van der Waals surface area contributed by atoms with Crippen LogP contribution in [-0.4, -0.2) is 51.4 Å². The predicted octanol–water partition coefficient (Wildman–Crippen LogP) is 5.56. The number of amides is 2. The molecule has 1 N–H and O–H groups in total. The van der Waals surface area contributed by atoms with E-state index in [1.165, 1.54) is 36.3 Å². The zero-order valence-corrected chi connectivity index (χ0v) is 26.0. The van der Waals surface area contributed by atoms with Crippen molar-refractivity contribution in [3.05, 3.63) is 87.4 Å². The number of ether oxygens (including phenoxy) is 1. The Hall–Kier alpha value is -3.08. The molecule has 214 valence electrons. The maximum atomic E-state index is 13.9. The lowest BCUT2D eigenvalue weighted by molar-refractivity contribution is -0.139. The first-order valence-electron chi connectivity index (χ1n) is 12.7. The first-order valence-corrected chi connectivity index (χ1v) is 15.3. The summed E-state index contributed by atoms with van der Waals surface area (Å²) in [6.07, 6.45) is 0.735. The first kappa shape index (κ1) is 31.4. The third kappa shape index (κ3) is 7.77. The number of methoxy groups -OCH3 is 1. The van der Waals surface area contributed by atoms with Gasteiger partial charge in [-0.05, 0) is 68.3 Å². The van der Waals surface area contributed by atoms with Gasteiger partial charge in [-0.2, -0.15) is 0 Å². The Morgan fingerprint density at radius 3 is 2.38 bits per heavy atom. The molecule has 11 heteroatoms. The number of halogens is 2. The summed E-state index contributed by atoms with van der Waals surface area (Å²) < 4.78 is 34.9. The fourth-order valence-corrected chi connectivity index (χ4v) is 6.09. The van der Waals surface area contributed by atoms with E-state index in [2.05, 4.69) is 21.2 Å². The van der Waals surface area contributed by atoms with Crippen molar-refractivity contribution >= 4 is 55.1 Å². The van der Waals surface area contributed by atoms with Gasteiger partial charge < -0.3 is 15.0 Å². The van der Waals surface area contributed by atoms with Gasteiger partial charge in [0.25, 0.3) is 10.0 Å². The molecule has 0 aromatic heterocycles. The maximum Gasteiger partial charge on any atom is 0.264 e. The van der Waals surface area contributed by atoms with Crippen LogP contribution in [0.3, 0.4) is 0 Å². The molecule has 0 aliphatic heterocycles. The van der Waals surface area contributed by atoms with Crippen LogP contribution in [0.2, 0.25) is 5.02 Å². The molecule has 0 radical (unpaired) electrons. The van der Waals surface area contributed by atoms with Crippen molar-refractivity contribution in [1.82, 2.24) is 10.2 Å². The van der Waals surface area contributed by atoms with Crippen LogP contribution in [0, 0.1) is 6.92 Å². The Bertz CT molecular complexity index is 1450. The number of carbonyl (C=O) groups excluding carboxylic acids is 2. The Labute approximate surface area is 249 Å². The van der Waals surface area contributed by atoms with E-state index in [0.29, 0.717) is 12.3 Å². The van der Waals surface area contributed by atoms with E-state index in [1.54, 1.807) is 25.1 Å². The van der Waals surface area contributed by atoms with Crippen LogP contribution in [0.4, 0.5) is 5.69 Å². The lowest BCUT2D eigenvalue weighted by atomic mass is 10.1. The second-order valence-electron chi connectivity index (χ2n) is 9.26. The molecule has 1 atom stereocenters. The van der Waals surface area contributed by atoms with E-state index >= 15 is 0 Å². The molecule has 3 aromatic rings. The fraction of sp³-hybridized carbons (Fsp3) is 0.310. The van der Waals surface area contributed by atoms with Gasteiger partial charge in [-0.25, -0.2) is 8.42 Å². The number of aryl methyl sites for hydroxylation is 1. The summed E-state index contributed by atoms with van der Waals surface area (Å²) in [6.45, 7) is 5.41. The zero-order valence-electron chi connectivity index (χ0n) is 22.9. The Balaban J connectivity index is 2.06. The highest BCUT2D eigenvalue weighted by Crippen LogP contribution is 2.32. The molecule has 1 unspecified atom stereocenters. The third-order valence-corrected chi connectivity index (χ3v) is 8.85. The average molecular weight is 651 g/mol. The number of hydrogen-bond donors (Lipinski definition) is 1. The van der Waals surface area contributed by atoms with Crippen molar-refractivity contribution in [2.24, 2.45) is 0 Å². The van der Waals surface area contributed by atoms with E-state index in [-0.39, 0.29) is 28.1 Å². The SMILES string of the molecule is CCCNC(=O)C(C)N(Cc1cccc(Br)c1)C(=O)CN(c1ccc(OC)c(Cl)c1)S(=O)(=O)c1ccc(C)cc1. The number of nitrogens with zero attached hydrogens (tertiary/aromatic N) is 2. The number of anilines is 1. The van der Waals surface area contributed by atoms with Gasteiger partial charge in [0, 0.05) is 17.6 Å². The van der Waals surface area contributed by atoms with Gasteiger partial charge in [-0.15, -0.1) is 0 Å². The average Bonchev–Trinajstić information content (AvgIpc) is 2.93. The largest absolute Gasteiger partial charge is 0.495 e. The lowest BCUT2D eigenvalue weighted by Crippen LogP contribution is -2.51. The van der Waals surface area contributed by atoms with Crippen molar-refractivity contribution < 1.29 is 22.7 Å². The van der Waals surface area contributed by atoms with E-state index in [9.17, 15) is 18.0 Å². The van der Waals surface area contributed by atoms with Crippen LogP contribution in [-0.2, 0) is 26.2 Å². The number of sulfonamides is 1. The molecule has 0 aliphatic carbocycles. The van der Waals surface area contributed by atoms with Gasteiger partial charge in [0.1, 0.15) is 18.3 Å². The van der Waals surface area contributed by atoms with Crippen LogP contribution in [0.5, 0.6) is 5.75 Å². The number of carbonyl (C=O) groups is 2. The highest BCUT2D eigenvalue weighted by molar-refractivity contribution is 9.10. The molecule has 0 bridgehead atoms. The molecule has 40 heavy (non-hydrogen) atoms. The van der Waals surface area contributed by atoms with Gasteiger partial charge in [0.05, 0.1) is 22.7 Å². The molecular formula is C29H33BrClN3O5S. The van der Waals surface area contributed by atoms with Crippen molar-refractivity contribution in [3.63, 3.8) is 0 Å². The van der Waals surface area contributed by atoms with E-state index in [0.717, 1.165) is 26.3 Å². The summed E-state index contributed by atoms with van der Waals surface area (Å²) in [7, 11) is -2.74. The molecule has 2 amide bonds. The second-order valence-corrected chi connectivity index (χ2v) is 12.4. The molecule has 3 aromatic carbocycles. The second kappa shape index (κ2) is 14.0. The Morgan fingerprint density at radius 2 is 1.77 bits per heavy atom. The van der Waals surface area contributed by atoms with E-state index in [1.807, 2.05) is 38.1 Å². The summed E-state index contributed by atoms with van der Waals surface area (Å²) in [6, 6.07) is 17.4. The quantitative estimate of drug-likeness (QED) is 0.277. The summed E-state index contributed by atoms with van der Waals surface area (Å²) in [4.78, 5) is 28.3. The molecule has 0 spiro atoms. The fourth-order valence-electron chi connectivity index (χ4n) is 3.99. The molecule has 0 aliphatic rings. The van der Waals surface area contributed by atoms with Gasteiger partial charge in [0.15, 0.2) is 0 Å². The molecule has 0 fully saturated rings. The minimum atomic E-state index is -4.20. The van der Waals surface area contributed by atoms with Crippen LogP contribution >= 0.6 is 27.5 Å². The van der Waals surface area contributed by atoms with Crippen molar-refractivity contribution in [3.8, 4) is 5.75 Å². The topological polar surface area (TPSA) is 96.0 Å².